The van der Waals surface area contributed by atoms with Crippen LogP contribution in [0.15, 0.2) is 108 Å². The van der Waals surface area contributed by atoms with Gasteiger partial charge in [-0.1, -0.05) is 36.4 Å². The minimum absolute atomic E-state index is 0.0626. The number of rotatable bonds is 5. The highest BCUT2D eigenvalue weighted by atomic mass is 16.5. The van der Waals surface area contributed by atoms with E-state index in [4.69, 9.17) is 19.3 Å². The molecular formula is C30H24N2O4. The molecule has 178 valence electrons. The maximum atomic E-state index is 12.4. The smallest absolute Gasteiger partial charge is 0.343 e. The van der Waals surface area contributed by atoms with E-state index in [2.05, 4.69) is 6.07 Å². The fraction of sp³-hybridized carbons (Fsp3) is 0.133. The summed E-state index contributed by atoms with van der Waals surface area (Å²) in [4.78, 5) is 12.4. The molecule has 36 heavy (non-hydrogen) atoms. The summed E-state index contributed by atoms with van der Waals surface area (Å²) in [6.07, 6.45) is 0.371. The van der Waals surface area contributed by atoms with Crippen LogP contribution in [-0.2, 0) is 0 Å². The van der Waals surface area contributed by atoms with Crippen molar-refractivity contribution in [2.24, 2.45) is 5.10 Å². The zero-order valence-electron chi connectivity index (χ0n) is 19.7. The normalized spacial score (nSPS) is 17.9. The molecule has 0 spiro atoms. The zero-order chi connectivity index (χ0) is 24.5. The molecule has 6 heteroatoms. The van der Waals surface area contributed by atoms with Gasteiger partial charge in [-0.25, -0.2) is 9.80 Å². The molecule has 0 saturated carbocycles. The lowest BCUT2D eigenvalue weighted by Gasteiger charge is -2.38. The fourth-order valence-corrected chi connectivity index (χ4v) is 4.65. The number of carbonyl (C=O) groups excluding carboxylic acids is 1. The number of esters is 1. The molecule has 0 radical (unpaired) electrons. The number of hydrazone groups is 1. The molecule has 0 amide bonds. The van der Waals surface area contributed by atoms with Gasteiger partial charge in [-0.2, -0.15) is 5.10 Å². The summed E-state index contributed by atoms with van der Waals surface area (Å²) in [6, 6.07) is 32.5. The predicted molar refractivity (Wildman–Crippen MR) is 136 cm³/mol. The molecule has 0 N–H and O–H groups in total. The van der Waals surface area contributed by atoms with Gasteiger partial charge in [-0.15, -0.1) is 0 Å². The zero-order valence-corrected chi connectivity index (χ0v) is 19.7. The molecule has 0 aromatic heterocycles. The average Bonchev–Trinajstić information content (AvgIpc) is 3.39. The van der Waals surface area contributed by atoms with Crippen molar-refractivity contribution in [3.63, 3.8) is 0 Å². The van der Waals surface area contributed by atoms with E-state index in [1.807, 2.05) is 77.8 Å². The van der Waals surface area contributed by atoms with Gasteiger partial charge in [0.2, 0.25) is 6.23 Å². The van der Waals surface area contributed by atoms with E-state index in [1.165, 1.54) is 0 Å². The third-order valence-corrected chi connectivity index (χ3v) is 6.51. The number of para-hydroxylation sites is 1. The highest BCUT2D eigenvalue weighted by Crippen LogP contribution is 2.47. The predicted octanol–water partition coefficient (Wildman–Crippen LogP) is 6.16. The molecule has 2 aliphatic heterocycles. The summed E-state index contributed by atoms with van der Waals surface area (Å²) in [5.74, 6) is 1.76. The maximum Gasteiger partial charge on any atom is 0.343 e. The second-order valence-electron chi connectivity index (χ2n) is 8.71. The summed E-state index contributed by atoms with van der Waals surface area (Å²) in [5, 5.41) is 7.04. The van der Waals surface area contributed by atoms with Gasteiger partial charge in [0.25, 0.3) is 0 Å². The van der Waals surface area contributed by atoms with Crippen LogP contribution in [0.1, 0.15) is 45.7 Å². The van der Waals surface area contributed by atoms with Crippen molar-refractivity contribution in [1.29, 1.82) is 0 Å². The number of hydrogen-bond donors (Lipinski definition) is 0. The number of benzene rings is 4. The molecular weight excluding hydrogens is 452 g/mol. The Morgan fingerprint density at radius 1 is 0.861 bits per heavy atom. The summed E-state index contributed by atoms with van der Waals surface area (Å²) in [7, 11) is 1.66. The van der Waals surface area contributed by atoms with Gasteiger partial charge in [-0.3, -0.25) is 0 Å². The van der Waals surface area contributed by atoms with Gasteiger partial charge in [-0.05, 0) is 72.3 Å². The van der Waals surface area contributed by atoms with Crippen LogP contribution >= 0.6 is 0 Å². The van der Waals surface area contributed by atoms with E-state index in [0.29, 0.717) is 11.3 Å². The molecule has 0 saturated heterocycles. The molecule has 0 unspecified atom stereocenters. The first kappa shape index (κ1) is 21.9. The first-order chi connectivity index (χ1) is 17.7. The number of carbonyl (C=O) groups is 1. The van der Waals surface area contributed by atoms with Crippen molar-refractivity contribution in [2.45, 2.75) is 18.7 Å². The average molecular weight is 477 g/mol. The summed E-state index contributed by atoms with van der Waals surface area (Å²) < 4.78 is 17.3. The molecule has 0 bridgehead atoms. The van der Waals surface area contributed by atoms with Crippen LogP contribution in [-0.4, -0.2) is 23.8 Å². The monoisotopic (exact) mass is 476 g/mol. The lowest BCUT2D eigenvalue weighted by molar-refractivity contribution is -0.0190. The van der Waals surface area contributed by atoms with E-state index in [9.17, 15) is 4.79 Å². The van der Waals surface area contributed by atoms with E-state index >= 15 is 0 Å². The van der Waals surface area contributed by atoms with Crippen LogP contribution in [0, 0.1) is 0 Å². The van der Waals surface area contributed by atoms with Crippen LogP contribution < -0.4 is 14.2 Å². The van der Waals surface area contributed by atoms with Crippen LogP contribution in [0.2, 0.25) is 0 Å². The number of nitrogens with zero attached hydrogens (tertiary/aromatic N) is 2. The molecule has 4 aromatic rings. The summed E-state index contributed by atoms with van der Waals surface area (Å²) in [6.45, 7) is 0. The van der Waals surface area contributed by atoms with Gasteiger partial charge in [0.1, 0.15) is 17.2 Å². The quantitative estimate of drug-likeness (QED) is 0.255. The summed E-state index contributed by atoms with van der Waals surface area (Å²) >= 11 is 0. The second kappa shape index (κ2) is 9.23. The van der Waals surface area contributed by atoms with Crippen molar-refractivity contribution < 1.29 is 19.0 Å². The Bertz CT molecular complexity index is 1420. The Morgan fingerprint density at radius 2 is 1.56 bits per heavy atom. The number of fused-ring (bicyclic) bond motifs is 3. The lowest BCUT2D eigenvalue weighted by Crippen LogP contribution is -2.33. The van der Waals surface area contributed by atoms with E-state index in [-0.39, 0.29) is 12.0 Å². The maximum absolute atomic E-state index is 12.4. The van der Waals surface area contributed by atoms with Crippen LogP contribution in [0.25, 0.3) is 0 Å². The van der Waals surface area contributed by atoms with Gasteiger partial charge in [0, 0.05) is 17.5 Å². The molecule has 6 rings (SSSR count). The fourth-order valence-electron chi connectivity index (χ4n) is 4.65. The molecule has 2 heterocycles. The molecule has 2 atom stereocenters. The Labute approximate surface area is 209 Å². The van der Waals surface area contributed by atoms with E-state index in [1.54, 1.807) is 31.4 Å². The number of ether oxygens (including phenoxy) is 3. The van der Waals surface area contributed by atoms with Crippen molar-refractivity contribution in [3.05, 3.63) is 125 Å². The van der Waals surface area contributed by atoms with E-state index in [0.717, 1.165) is 40.3 Å². The van der Waals surface area contributed by atoms with Crippen molar-refractivity contribution in [3.8, 4) is 17.2 Å². The Balaban J connectivity index is 1.28. The highest BCUT2D eigenvalue weighted by molar-refractivity contribution is 6.02. The second-order valence-corrected chi connectivity index (χ2v) is 8.71. The first-order valence-electron chi connectivity index (χ1n) is 11.8. The lowest BCUT2D eigenvalue weighted by atomic mass is 9.96. The number of methoxy groups -OCH3 is 1. The van der Waals surface area contributed by atoms with Crippen molar-refractivity contribution >= 4 is 11.7 Å². The molecule has 0 aliphatic carbocycles. The van der Waals surface area contributed by atoms with Gasteiger partial charge >= 0.3 is 5.97 Å². The Kier molecular flexibility index (Phi) is 5.62. The van der Waals surface area contributed by atoms with Crippen molar-refractivity contribution in [1.82, 2.24) is 5.01 Å². The minimum Gasteiger partial charge on any atom is -0.497 e. The van der Waals surface area contributed by atoms with E-state index < -0.39 is 6.23 Å². The first-order valence-corrected chi connectivity index (χ1v) is 11.8. The molecule has 0 fully saturated rings. The van der Waals surface area contributed by atoms with Crippen LogP contribution in [0.3, 0.4) is 0 Å². The van der Waals surface area contributed by atoms with Gasteiger partial charge < -0.3 is 14.2 Å². The van der Waals surface area contributed by atoms with Crippen LogP contribution in [0.5, 0.6) is 17.2 Å². The molecule has 2 aliphatic rings. The largest absolute Gasteiger partial charge is 0.497 e. The third-order valence-electron chi connectivity index (χ3n) is 6.51. The van der Waals surface area contributed by atoms with Gasteiger partial charge in [0.05, 0.1) is 24.4 Å². The highest BCUT2D eigenvalue weighted by Gasteiger charge is 2.40. The standard InChI is InChI=1S/C30H24N2O4/c1-34-23-15-11-20(12-16-23)26-19-27-25-9-5-6-10-28(25)36-29(32(27)31-26)21-13-17-24(18-14-21)35-30(33)22-7-3-2-4-8-22/h2-18,27,29H,19H2,1H3/t27-,29+/m1/s1. The third kappa shape index (κ3) is 4.07. The SMILES string of the molecule is COc1ccc(C2=NN3[C@H](C2)c2ccccc2O[C@H]3c2ccc(OC(=O)c3ccccc3)cc2)cc1. The Hall–Kier alpha value is -4.58. The van der Waals surface area contributed by atoms with Gasteiger partial charge in [0.15, 0.2) is 0 Å². The Morgan fingerprint density at radius 3 is 2.31 bits per heavy atom. The van der Waals surface area contributed by atoms with Crippen molar-refractivity contribution in [2.75, 3.05) is 7.11 Å². The van der Waals surface area contributed by atoms with Crippen LogP contribution in [0.4, 0.5) is 0 Å². The number of hydrogen-bond acceptors (Lipinski definition) is 6. The molecule has 6 nitrogen and oxygen atoms in total. The summed E-state index contributed by atoms with van der Waals surface area (Å²) in [5.41, 5.74) is 4.61. The molecule has 4 aromatic carbocycles. The minimum atomic E-state index is -0.403. The topological polar surface area (TPSA) is 60.4 Å².